The number of anilines is 1. The van der Waals surface area contributed by atoms with Crippen molar-refractivity contribution in [2.75, 3.05) is 17.4 Å². The lowest BCUT2D eigenvalue weighted by Gasteiger charge is -2.42. The van der Waals surface area contributed by atoms with Crippen molar-refractivity contribution in [3.8, 4) is 6.07 Å². The van der Waals surface area contributed by atoms with Gasteiger partial charge in [-0.05, 0) is 42.2 Å². The van der Waals surface area contributed by atoms with Crippen molar-refractivity contribution in [1.82, 2.24) is 4.90 Å². The van der Waals surface area contributed by atoms with Crippen molar-refractivity contribution in [2.24, 2.45) is 0 Å². The Morgan fingerprint density at radius 1 is 1.24 bits per heavy atom. The fourth-order valence-electron chi connectivity index (χ4n) is 3.92. The monoisotopic (exact) mass is 423 g/mol. The molecule has 1 atom stereocenters. The van der Waals surface area contributed by atoms with Gasteiger partial charge in [-0.3, -0.25) is 9.69 Å². The van der Waals surface area contributed by atoms with E-state index < -0.39 is 0 Å². The largest absolute Gasteiger partial charge is 0.343 e. The first kappa shape index (κ1) is 19.9. The Morgan fingerprint density at radius 3 is 2.69 bits per heavy atom. The molecule has 0 bridgehead atoms. The van der Waals surface area contributed by atoms with Crippen molar-refractivity contribution in [1.29, 1.82) is 5.26 Å². The molecule has 0 aliphatic carbocycles. The highest BCUT2D eigenvalue weighted by molar-refractivity contribution is 8.03. The number of benzene rings is 2. The van der Waals surface area contributed by atoms with Crippen LogP contribution in [0.25, 0.3) is 0 Å². The predicted octanol–water partition coefficient (Wildman–Crippen LogP) is 5.43. The van der Waals surface area contributed by atoms with Gasteiger partial charge in [-0.25, -0.2) is 0 Å². The number of hydrogen-bond donors (Lipinski definition) is 0. The van der Waals surface area contributed by atoms with Crippen molar-refractivity contribution >= 4 is 35.0 Å². The van der Waals surface area contributed by atoms with E-state index in [-0.39, 0.29) is 11.8 Å². The second kappa shape index (κ2) is 8.14. The minimum Gasteiger partial charge on any atom is -0.343 e. The molecule has 0 radical (unpaired) electrons. The summed E-state index contributed by atoms with van der Waals surface area (Å²) in [6.07, 6.45) is 1.29. The Hall–Kier alpha value is -2.42. The summed E-state index contributed by atoms with van der Waals surface area (Å²) >= 11 is 7.84. The average Bonchev–Trinajstić information content (AvgIpc) is 2.75. The van der Waals surface area contributed by atoms with Crippen LogP contribution in [0.1, 0.15) is 36.0 Å². The summed E-state index contributed by atoms with van der Waals surface area (Å²) in [5.74, 6) is 0.560. The maximum Gasteiger partial charge on any atom is 0.229 e. The van der Waals surface area contributed by atoms with Crippen molar-refractivity contribution in [2.45, 2.75) is 32.6 Å². The number of nitrogens with zero attached hydrogens (tertiary/aromatic N) is 3. The number of fused-ring (bicyclic) bond motifs is 1. The lowest BCUT2D eigenvalue weighted by molar-refractivity contribution is -0.129. The molecule has 148 valence electrons. The van der Waals surface area contributed by atoms with Gasteiger partial charge in [-0.15, -0.1) is 0 Å². The van der Waals surface area contributed by atoms with E-state index in [2.05, 4.69) is 42.2 Å². The van der Waals surface area contributed by atoms with Crippen LogP contribution in [0, 0.1) is 18.3 Å². The molecule has 1 amide bonds. The van der Waals surface area contributed by atoms with Crippen molar-refractivity contribution in [3.63, 3.8) is 0 Å². The maximum absolute atomic E-state index is 13.0. The van der Waals surface area contributed by atoms with Gasteiger partial charge in [0.25, 0.3) is 0 Å². The van der Waals surface area contributed by atoms with Gasteiger partial charge in [-0.2, -0.15) is 5.26 Å². The van der Waals surface area contributed by atoms with E-state index in [4.69, 9.17) is 11.6 Å². The first-order valence-electron chi connectivity index (χ1n) is 9.69. The first-order chi connectivity index (χ1) is 14.0. The molecular formula is C23H22ClN3OS. The lowest BCUT2D eigenvalue weighted by Crippen LogP contribution is -2.47. The summed E-state index contributed by atoms with van der Waals surface area (Å²) in [7, 11) is 0. The minimum atomic E-state index is -0.170. The quantitative estimate of drug-likeness (QED) is 0.660. The van der Waals surface area contributed by atoms with E-state index in [1.165, 1.54) is 5.56 Å². The van der Waals surface area contributed by atoms with Gasteiger partial charge in [-0.1, -0.05) is 60.6 Å². The third kappa shape index (κ3) is 3.63. The molecule has 2 aliphatic rings. The number of amides is 1. The zero-order valence-electron chi connectivity index (χ0n) is 16.5. The molecule has 4 nitrogen and oxygen atoms in total. The number of aryl methyl sites for hydroxylation is 1. The van der Waals surface area contributed by atoms with E-state index in [9.17, 15) is 10.1 Å². The molecular weight excluding hydrogens is 402 g/mol. The van der Waals surface area contributed by atoms with Crippen LogP contribution >= 0.6 is 23.4 Å². The smallest absolute Gasteiger partial charge is 0.229 e. The molecule has 0 spiro atoms. The van der Waals surface area contributed by atoms with E-state index in [0.29, 0.717) is 29.6 Å². The number of halogens is 1. The summed E-state index contributed by atoms with van der Waals surface area (Å²) in [5, 5.41) is 11.4. The highest BCUT2D eigenvalue weighted by Gasteiger charge is 2.38. The number of nitriles is 1. The second-order valence-corrected chi connectivity index (χ2v) is 8.68. The summed E-state index contributed by atoms with van der Waals surface area (Å²) in [4.78, 5) is 16.9. The van der Waals surface area contributed by atoms with Gasteiger partial charge in [0.15, 0.2) is 0 Å². The van der Waals surface area contributed by atoms with Crippen LogP contribution in [0.4, 0.5) is 5.69 Å². The summed E-state index contributed by atoms with van der Waals surface area (Å²) in [6.45, 7) is 4.54. The second-order valence-electron chi connectivity index (χ2n) is 7.34. The molecule has 29 heavy (non-hydrogen) atoms. The summed E-state index contributed by atoms with van der Waals surface area (Å²) in [5.41, 5.74) is 5.01. The van der Waals surface area contributed by atoms with Gasteiger partial charge in [0, 0.05) is 23.0 Å². The summed E-state index contributed by atoms with van der Waals surface area (Å²) < 4.78 is 0. The zero-order valence-corrected chi connectivity index (χ0v) is 18.1. The molecule has 2 aliphatic heterocycles. The molecule has 0 unspecified atom stereocenters. The third-order valence-corrected chi connectivity index (χ3v) is 7.23. The van der Waals surface area contributed by atoms with Gasteiger partial charge in [0.2, 0.25) is 5.91 Å². The van der Waals surface area contributed by atoms with E-state index >= 15 is 0 Å². The van der Waals surface area contributed by atoms with Crippen LogP contribution < -0.4 is 4.90 Å². The topological polar surface area (TPSA) is 47.3 Å². The number of carbonyl (C=O) groups excluding carboxylic acids is 1. The Kier molecular flexibility index (Phi) is 5.58. The first-order valence-corrected chi connectivity index (χ1v) is 11.1. The van der Waals surface area contributed by atoms with Crippen LogP contribution in [-0.4, -0.2) is 23.4 Å². The Balaban J connectivity index is 1.66. The average molecular weight is 424 g/mol. The maximum atomic E-state index is 13.0. The zero-order chi connectivity index (χ0) is 20.5. The van der Waals surface area contributed by atoms with Gasteiger partial charge in [0.1, 0.15) is 0 Å². The van der Waals surface area contributed by atoms with Gasteiger partial charge in [0.05, 0.1) is 29.2 Å². The van der Waals surface area contributed by atoms with Crippen LogP contribution in [0.5, 0.6) is 0 Å². The third-order valence-electron chi connectivity index (χ3n) is 5.66. The highest BCUT2D eigenvalue weighted by atomic mass is 35.5. The number of allylic oxidation sites excluding steroid dienone is 1. The minimum absolute atomic E-state index is 0.0560. The fourth-order valence-corrected chi connectivity index (χ4v) is 5.25. The number of rotatable bonds is 3. The van der Waals surface area contributed by atoms with Crippen LogP contribution in [0.3, 0.4) is 0 Å². The van der Waals surface area contributed by atoms with Gasteiger partial charge >= 0.3 is 0 Å². The highest BCUT2D eigenvalue weighted by Crippen LogP contribution is 2.43. The molecule has 2 aromatic rings. The number of thioether (sulfide) groups is 1. The molecule has 2 heterocycles. The molecule has 2 aromatic carbocycles. The lowest BCUT2D eigenvalue weighted by atomic mass is 9.86. The molecule has 1 saturated heterocycles. The fraction of sp³-hybridized carbons (Fsp3) is 0.304. The number of carbonyl (C=O) groups is 1. The molecule has 0 N–H and O–H groups in total. The Bertz CT molecular complexity index is 1030. The Morgan fingerprint density at radius 2 is 2.00 bits per heavy atom. The van der Waals surface area contributed by atoms with Crippen LogP contribution in [0.2, 0.25) is 5.02 Å². The van der Waals surface area contributed by atoms with Crippen molar-refractivity contribution in [3.05, 3.63) is 74.8 Å². The van der Waals surface area contributed by atoms with E-state index in [1.807, 2.05) is 25.1 Å². The normalized spacial score (nSPS) is 19.2. The van der Waals surface area contributed by atoms with Gasteiger partial charge < -0.3 is 4.90 Å². The molecule has 4 rings (SSSR count). The van der Waals surface area contributed by atoms with Crippen LogP contribution in [-0.2, 0) is 11.2 Å². The molecule has 0 aromatic heterocycles. The number of hydrogen-bond acceptors (Lipinski definition) is 4. The SMILES string of the molecule is CCc1ccc([C@@H]2CC(=O)N3CN(c4cccc(Cl)c4C)CSC3=C2C#N)cc1. The van der Waals surface area contributed by atoms with Crippen LogP contribution in [0.15, 0.2) is 53.1 Å². The van der Waals surface area contributed by atoms with E-state index in [0.717, 1.165) is 28.3 Å². The molecule has 6 heteroatoms. The molecule has 0 saturated carbocycles. The predicted molar refractivity (Wildman–Crippen MR) is 119 cm³/mol. The van der Waals surface area contributed by atoms with E-state index in [1.54, 1.807) is 16.7 Å². The molecule has 1 fully saturated rings. The summed E-state index contributed by atoms with van der Waals surface area (Å²) in [6, 6.07) is 16.5. The standard InChI is InChI=1S/C23H22ClN3OS/c1-3-16-7-9-17(10-8-16)18-11-22(28)27-13-26(14-29-23(27)19(18)12-25)21-6-4-5-20(24)15(21)2/h4-10,18H,3,11,13-14H2,1-2H3/t18-/m0/s1. The van der Waals surface area contributed by atoms with Crippen molar-refractivity contribution < 1.29 is 4.79 Å². The Labute approximate surface area is 180 Å².